The zero-order valence-electron chi connectivity index (χ0n) is 20.3. The van der Waals surface area contributed by atoms with Crippen LogP contribution < -0.4 is 16.2 Å². The first-order valence-corrected chi connectivity index (χ1v) is 12.2. The number of rotatable bonds is 10. The van der Waals surface area contributed by atoms with Crippen molar-refractivity contribution in [3.63, 3.8) is 0 Å². The molecule has 0 aliphatic heterocycles. The number of aliphatic hydroxyl groups excluding tert-OH is 1. The van der Waals surface area contributed by atoms with E-state index in [2.05, 4.69) is 37.2 Å². The molecular formula is C27H29ClN4O5. The Hall–Kier alpha value is -3.84. The Morgan fingerprint density at radius 2 is 1.73 bits per heavy atom. The van der Waals surface area contributed by atoms with Crippen molar-refractivity contribution in [1.82, 2.24) is 20.6 Å². The van der Waals surface area contributed by atoms with Crippen molar-refractivity contribution in [3.8, 4) is 17.6 Å². The number of alkyl carbamates (subject to hydrolysis) is 1. The topological polar surface area (TPSA) is 137 Å². The number of aromatic nitrogens is 2. The van der Waals surface area contributed by atoms with Crippen LogP contribution in [0.25, 0.3) is 0 Å². The van der Waals surface area contributed by atoms with Crippen LogP contribution in [0.1, 0.15) is 33.9 Å². The van der Waals surface area contributed by atoms with Crippen molar-refractivity contribution in [1.29, 1.82) is 0 Å². The molecule has 194 valence electrons. The number of H-pyrrole nitrogens is 1. The third-order valence-corrected chi connectivity index (χ3v) is 6.04. The summed E-state index contributed by atoms with van der Waals surface area (Å²) >= 11 is 5.78. The van der Waals surface area contributed by atoms with Crippen molar-refractivity contribution in [2.45, 2.75) is 24.9 Å². The number of alkyl halides is 1. The zero-order valence-corrected chi connectivity index (χ0v) is 21.1. The molecule has 0 aliphatic carbocycles. The molecule has 0 radical (unpaired) electrons. The highest BCUT2D eigenvalue weighted by Crippen LogP contribution is 2.23. The molecule has 0 saturated carbocycles. The molecule has 2 atom stereocenters. The largest absolute Gasteiger partial charge is 0.502 e. The second-order valence-corrected chi connectivity index (χ2v) is 8.61. The molecule has 0 bridgehead atoms. The van der Waals surface area contributed by atoms with Gasteiger partial charge in [0.1, 0.15) is 0 Å². The van der Waals surface area contributed by atoms with Gasteiger partial charge in [0, 0.05) is 42.1 Å². The Morgan fingerprint density at radius 3 is 2.30 bits per heavy atom. The fraction of sp³-hybridized carbons (Fsp3) is 0.296. The summed E-state index contributed by atoms with van der Waals surface area (Å²) in [5.41, 5.74) is 3.22. The van der Waals surface area contributed by atoms with Crippen LogP contribution in [0, 0.1) is 11.8 Å². The minimum absolute atomic E-state index is 0.0116. The zero-order chi connectivity index (χ0) is 26.6. The van der Waals surface area contributed by atoms with E-state index in [4.69, 9.17) is 11.6 Å². The van der Waals surface area contributed by atoms with Gasteiger partial charge in [-0.2, -0.15) is 0 Å². The number of nitrogens with one attached hydrogen (secondary N) is 3. The molecule has 2 aromatic carbocycles. The van der Waals surface area contributed by atoms with Gasteiger partial charge in [0.25, 0.3) is 5.56 Å². The number of benzene rings is 2. The van der Waals surface area contributed by atoms with Gasteiger partial charge < -0.3 is 30.6 Å². The van der Waals surface area contributed by atoms with Gasteiger partial charge in [0.2, 0.25) is 5.75 Å². The highest BCUT2D eigenvalue weighted by atomic mass is 35.5. The highest BCUT2D eigenvalue weighted by Gasteiger charge is 2.21. The molecule has 5 N–H and O–H groups in total. The molecule has 1 amide bonds. The Labute approximate surface area is 219 Å². The summed E-state index contributed by atoms with van der Waals surface area (Å²) in [5.74, 6) is 5.69. The summed E-state index contributed by atoms with van der Waals surface area (Å²) in [4.78, 5) is 29.9. The molecule has 0 saturated heterocycles. The summed E-state index contributed by atoms with van der Waals surface area (Å²) in [6.45, 7) is 0.715. The number of halogens is 1. The van der Waals surface area contributed by atoms with E-state index in [1.54, 1.807) is 0 Å². The van der Waals surface area contributed by atoms with Crippen LogP contribution in [0.4, 0.5) is 4.79 Å². The predicted octanol–water partition coefficient (Wildman–Crippen LogP) is 2.25. The number of hydrogen-bond acceptors (Lipinski definition) is 7. The first kappa shape index (κ1) is 27.7. The Balaban J connectivity index is 1.67. The van der Waals surface area contributed by atoms with Crippen molar-refractivity contribution in [2.24, 2.45) is 0 Å². The van der Waals surface area contributed by atoms with Crippen LogP contribution in [-0.2, 0) is 17.7 Å². The number of aromatic amines is 1. The van der Waals surface area contributed by atoms with Crippen LogP contribution >= 0.6 is 11.6 Å². The van der Waals surface area contributed by atoms with E-state index >= 15 is 0 Å². The molecule has 1 heterocycles. The second-order valence-electron chi connectivity index (χ2n) is 8.30. The fourth-order valence-corrected chi connectivity index (χ4v) is 3.74. The van der Waals surface area contributed by atoms with E-state index in [0.29, 0.717) is 18.8 Å². The van der Waals surface area contributed by atoms with Gasteiger partial charge >= 0.3 is 6.09 Å². The van der Waals surface area contributed by atoms with Crippen LogP contribution in [0.15, 0.2) is 59.7 Å². The summed E-state index contributed by atoms with van der Waals surface area (Å²) < 4.78 is 4.62. The minimum atomic E-state index is -0.646. The molecule has 1 aromatic heterocycles. The third-order valence-electron chi connectivity index (χ3n) is 5.66. The van der Waals surface area contributed by atoms with Gasteiger partial charge in [-0.25, -0.2) is 9.78 Å². The third kappa shape index (κ3) is 8.36. The summed E-state index contributed by atoms with van der Waals surface area (Å²) in [7, 11) is 1.26. The van der Waals surface area contributed by atoms with E-state index in [1.165, 1.54) is 13.4 Å². The molecule has 0 fully saturated rings. The number of hydrogen-bond donors (Lipinski definition) is 5. The Morgan fingerprint density at radius 1 is 1.11 bits per heavy atom. The number of aliphatic hydroxyl groups is 1. The van der Waals surface area contributed by atoms with Crippen molar-refractivity contribution in [3.05, 3.63) is 93.2 Å². The Kier molecular flexibility index (Phi) is 10.5. The van der Waals surface area contributed by atoms with Gasteiger partial charge in [-0.1, -0.05) is 36.1 Å². The van der Waals surface area contributed by atoms with Crippen LogP contribution in [0.3, 0.4) is 0 Å². The monoisotopic (exact) mass is 524 g/mol. The van der Waals surface area contributed by atoms with Gasteiger partial charge in [-0.05, 0) is 41.8 Å². The molecule has 0 spiro atoms. The number of nitrogens with zero attached hydrogens (tertiary/aromatic N) is 1. The van der Waals surface area contributed by atoms with E-state index in [9.17, 15) is 19.8 Å². The number of carbonyl (C=O) groups is 1. The smallest absolute Gasteiger partial charge is 0.406 e. The molecule has 9 nitrogen and oxygen atoms in total. The normalized spacial score (nSPS) is 12.2. The minimum Gasteiger partial charge on any atom is -0.502 e. The van der Waals surface area contributed by atoms with Gasteiger partial charge in [0.05, 0.1) is 25.7 Å². The van der Waals surface area contributed by atoms with Crippen LogP contribution in [-0.4, -0.2) is 58.5 Å². The summed E-state index contributed by atoms with van der Waals surface area (Å²) in [6, 6.07) is 15.3. The molecule has 2 unspecified atom stereocenters. The number of amides is 1. The average molecular weight is 525 g/mol. The van der Waals surface area contributed by atoms with Gasteiger partial charge in [-0.15, -0.1) is 11.6 Å². The van der Waals surface area contributed by atoms with E-state index < -0.39 is 23.3 Å². The molecule has 10 heteroatoms. The lowest BCUT2D eigenvalue weighted by molar-refractivity contribution is 0.170. The van der Waals surface area contributed by atoms with Gasteiger partial charge in [0.15, 0.2) is 0 Å². The number of methoxy groups -OCH3 is 1. The SMILES string of the molecule is COC(=O)NCC(Cc1ccc(C#Cc2ccc(CNC(CO)CCl)cc2)cc1)c1nc[nH]c(=O)c1O. The van der Waals surface area contributed by atoms with Gasteiger partial charge in [-0.3, -0.25) is 4.79 Å². The summed E-state index contributed by atoms with van der Waals surface area (Å²) in [6.07, 6.45) is 1.02. The van der Waals surface area contributed by atoms with Crippen LogP contribution in [0.5, 0.6) is 5.75 Å². The quantitative estimate of drug-likeness (QED) is 0.203. The lowest BCUT2D eigenvalue weighted by atomic mass is 9.94. The average Bonchev–Trinajstić information content (AvgIpc) is 2.93. The molecule has 3 aromatic rings. The first-order valence-electron chi connectivity index (χ1n) is 11.6. The molecule has 37 heavy (non-hydrogen) atoms. The molecule has 3 rings (SSSR count). The standard InChI is InChI=1S/C27H29ClN4O5/c1-37-27(36)30-15-22(24-25(34)26(35)32-17-31-24)12-20-8-4-18(5-9-20)2-3-19-6-10-21(11-7-19)14-29-23(13-28)16-33/h4-11,17,22-23,29,33-34H,12-16H2,1H3,(H,30,36)(H,31,32,35). The predicted molar refractivity (Wildman–Crippen MR) is 141 cm³/mol. The number of aromatic hydroxyl groups is 1. The Bertz CT molecular complexity index is 1280. The van der Waals surface area contributed by atoms with Crippen molar-refractivity contribution in [2.75, 3.05) is 26.1 Å². The first-order chi connectivity index (χ1) is 17.9. The highest BCUT2D eigenvalue weighted by molar-refractivity contribution is 6.18. The fourth-order valence-electron chi connectivity index (χ4n) is 3.54. The second kappa shape index (κ2) is 14.0. The number of ether oxygens (including phenoxy) is 1. The summed E-state index contributed by atoms with van der Waals surface area (Å²) in [5, 5.41) is 25.2. The van der Waals surface area contributed by atoms with E-state index in [1.807, 2.05) is 48.5 Å². The molecular weight excluding hydrogens is 496 g/mol. The van der Waals surface area contributed by atoms with Crippen LogP contribution in [0.2, 0.25) is 0 Å². The maximum absolute atomic E-state index is 11.8. The number of carbonyl (C=O) groups excluding carboxylic acids is 1. The maximum atomic E-state index is 11.8. The van der Waals surface area contributed by atoms with Crippen molar-refractivity contribution >= 4 is 17.7 Å². The van der Waals surface area contributed by atoms with Crippen molar-refractivity contribution < 1.29 is 19.7 Å². The maximum Gasteiger partial charge on any atom is 0.406 e. The van der Waals surface area contributed by atoms with E-state index in [0.717, 1.165) is 22.3 Å². The lowest BCUT2D eigenvalue weighted by Crippen LogP contribution is -2.33. The lowest BCUT2D eigenvalue weighted by Gasteiger charge is -2.17. The van der Waals surface area contributed by atoms with E-state index in [-0.39, 0.29) is 24.9 Å². The molecule has 0 aliphatic rings.